The van der Waals surface area contributed by atoms with Gasteiger partial charge >= 0.3 is 5.97 Å². The van der Waals surface area contributed by atoms with Crippen LogP contribution in [-0.2, 0) is 17.6 Å². The number of benzene rings is 2. The number of carbonyl (C=O) groups excluding carboxylic acids is 1. The van der Waals surface area contributed by atoms with Crippen molar-refractivity contribution in [1.29, 1.82) is 0 Å². The smallest absolute Gasteiger partial charge is 0.337 e. The molecular formula is C22H27NO4. The summed E-state index contributed by atoms with van der Waals surface area (Å²) in [6.45, 7) is 0.732. The van der Waals surface area contributed by atoms with Crippen molar-refractivity contribution in [2.24, 2.45) is 0 Å². The van der Waals surface area contributed by atoms with Gasteiger partial charge in [-0.15, -0.1) is 0 Å². The molecule has 2 atom stereocenters. The number of ether oxygens (including phenoxy) is 2. The lowest BCUT2D eigenvalue weighted by Crippen LogP contribution is -2.39. The van der Waals surface area contributed by atoms with E-state index in [4.69, 9.17) is 9.47 Å². The number of fused-ring (bicyclic) bond motifs is 1. The zero-order chi connectivity index (χ0) is 19.1. The number of para-hydroxylation sites is 1. The molecule has 0 saturated carbocycles. The average Bonchev–Trinajstić information content (AvgIpc) is 2.92. The van der Waals surface area contributed by atoms with Gasteiger partial charge in [-0.3, -0.25) is 0 Å². The van der Waals surface area contributed by atoms with Crippen LogP contribution in [0.1, 0.15) is 34.3 Å². The fraction of sp³-hybridized carbons (Fsp3) is 0.409. The van der Waals surface area contributed by atoms with E-state index in [2.05, 4.69) is 5.32 Å². The Morgan fingerprint density at radius 1 is 1.22 bits per heavy atom. The summed E-state index contributed by atoms with van der Waals surface area (Å²) in [5.41, 5.74) is 3.07. The van der Waals surface area contributed by atoms with Gasteiger partial charge in [0.15, 0.2) is 0 Å². The number of nitrogens with one attached hydrogen (secondary N) is 1. The van der Waals surface area contributed by atoms with Gasteiger partial charge in [0.1, 0.15) is 18.5 Å². The zero-order valence-electron chi connectivity index (χ0n) is 15.7. The second kappa shape index (κ2) is 9.53. The summed E-state index contributed by atoms with van der Waals surface area (Å²) >= 11 is 0. The zero-order valence-corrected chi connectivity index (χ0v) is 15.7. The Labute approximate surface area is 160 Å². The lowest BCUT2D eigenvalue weighted by molar-refractivity contribution is 0.0600. The van der Waals surface area contributed by atoms with Crippen LogP contribution < -0.4 is 10.1 Å². The van der Waals surface area contributed by atoms with Crippen molar-refractivity contribution < 1.29 is 19.4 Å². The molecule has 5 heteroatoms. The van der Waals surface area contributed by atoms with Gasteiger partial charge in [0.2, 0.25) is 0 Å². The largest absolute Gasteiger partial charge is 0.491 e. The first kappa shape index (κ1) is 19.4. The maximum atomic E-state index is 11.8. The van der Waals surface area contributed by atoms with Gasteiger partial charge in [-0.05, 0) is 61.1 Å². The predicted octanol–water partition coefficient (Wildman–Crippen LogP) is 2.75. The SMILES string of the molecule is COC(=O)c1ccc2c(c1)CC(NC[C@H](O)COc1ccccc1)CCC2. The highest BCUT2D eigenvalue weighted by Crippen LogP contribution is 2.22. The maximum Gasteiger partial charge on any atom is 0.337 e. The number of carbonyl (C=O) groups is 1. The minimum absolute atomic E-state index is 0.257. The number of hydrogen-bond donors (Lipinski definition) is 2. The molecule has 0 aliphatic heterocycles. The molecule has 0 amide bonds. The van der Waals surface area contributed by atoms with Crippen LogP contribution in [0.3, 0.4) is 0 Å². The third kappa shape index (κ3) is 5.55. The molecule has 0 saturated heterocycles. The van der Waals surface area contributed by atoms with Crippen molar-refractivity contribution in [2.45, 2.75) is 37.8 Å². The summed E-state index contributed by atoms with van der Waals surface area (Å²) < 4.78 is 10.4. The Bertz CT molecular complexity index is 747. The molecule has 0 radical (unpaired) electrons. The molecule has 3 rings (SSSR count). The molecular weight excluding hydrogens is 342 g/mol. The van der Waals surface area contributed by atoms with Crippen LogP contribution in [0, 0.1) is 0 Å². The number of aliphatic hydroxyl groups is 1. The van der Waals surface area contributed by atoms with E-state index >= 15 is 0 Å². The van der Waals surface area contributed by atoms with E-state index in [0.29, 0.717) is 12.1 Å². The Hall–Kier alpha value is -2.37. The van der Waals surface area contributed by atoms with Crippen molar-refractivity contribution in [2.75, 3.05) is 20.3 Å². The number of aryl methyl sites for hydroxylation is 1. The Kier molecular flexibility index (Phi) is 6.85. The summed E-state index contributed by atoms with van der Waals surface area (Å²) in [7, 11) is 1.40. The van der Waals surface area contributed by atoms with Gasteiger partial charge in [-0.1, -0.05) is 24.3 Å². The van der Waals surface area contributed by atoms with E-state index in [1.54, 1.807) is 0 Å². The first-order valence-electron chi connectivity index (χ1n) is 9.45. The normalized spacial score (nSPS) is 17.5. The third-order valence-corrected chi connectivity index (χ3v) is 4.92. The van der Waals surface area contributed by atoms with Crippen molar-refractivity contribution in [1.82, 2.24) is 5.32 Å². The fourth-order valence-electron chi connectivity index (χ4n) is 3.46. The highest BCUT2D eigenvalue weighted by atomic mass is 16.5. The highest BCUT2D eigenvalue weighted by molar-refractivity contribution is 5.89. The van der Waals surface area contributed by atoms with E-state index in [1.807, 2.05) is 48.5 Å². The molecule has 1 aliphatic rings. The fourth-order valence-corrected chi connectivity index (χ4v) is 3.46. The Morgan fingerprint density at radius 2 is 2.04 bits per heavy atom. The second-order valence-electron chi connectivity index (χ2n) is 6.95. The minimum atomic E-state index is -0.575. The van der Waals surface area contributed by atoms with Gasteiger partial charge < -0.3 is 19.9 Å². The lowest BCUT2D eigenvalue weighted by Gasteiger charge is -2.20. The topological polar surface area (TPSA) is 67.8 Å². The van der Waals surface area contributed by atoms with Crippen LogP contribution in [-0.4, -0.2) is 43.5 Å². The minimum Gasteiger partial charge on any atom is -0.491 e. The Morgan fingerprint density at radius 3 is 2.81 bits per heavy atom. The van der Waals surface area contributed by atoms with Crippen molar-refractivity contribution in [3.05, 3.63) is 65.2 Å². The van der Waals surface area contributed by atoms with Crippen molar-refractivity contribution in [3.8, 4) is 5.75 Å². The third-order valence-electron chi connectivity index (χ3n) is 4.92. The number of esters is 1. The van der Waals surface area contributed by atoms with E-state index < -0.39 is 6.10 Å². The quantitative estimate of drug-likeness (QED) is 0.580. The van der Waals surface area contributed by atoms with E-state index in [0.717, 1.165) is 31.4 Å². The molecule has 0 spiro atoms. The summed E-state index contributed by atoms with van der Waals surface area (Å²) in [5.74, 6) is 0.454. The van der Waals surface area contributed by atoms with Gasteiger partial charge in [0.05, 0.1) is 12.7 Å². The van der Waals surface area contributed by atoms with E-state index in [1.165, 1.54) is 18.2 Å². The monoisotopic (exact) mass is 369 g/mol. The van der Waals surface area contributed by atoms with Crippen LogP contribution in [0.2, 0.25) is 0 Å². The van der Waals surface area contributed by atoms with Crippen LogP contribution in [0.25, 0.3) is 0 Å². The number of hydrogen-bond acceptors (Lipinski definition) is 5. The molecule has 27 heavy (non-hydrogen) atoms. The molecule has 2 aromatic rings. The van der Waals surface area contributed by atoms with Gasteiger partial charge in [-0.25, -0.2) is 4.79 Å². The maximum absolute atomic E-state index is 11.8. The standard InChI is InChI=1S/C22H27NO4/c1-26-22(25)17-11-10-16-6-5-7-19(13-18(16)12-17)23-14-20(24)15-27-21-8-3-2-4-9-21/h2-4,8-12,19-20,23-24H,5-7,13-15H2,1H3/t19?,20-/m0/s1. The molecule has 0 fully saturated rings. The lowest BCUT2D eigenvalue weighted by atomic mass is 9.99. The van der Waals surface area contributed by atoms with Crippen molar-refractivity contribution in [3.63, 3.8) is 0 Å². The number of aliphatic hydroxyl groups excluding tert-OH is 1. The number of rotatable bonds is 7. The first-order chi connectivity index (χ1) is 13.2. The summed E-state index contributed by atoms with van der Waals surface area (Å²) in [6.07, 6.45) is 3.39. The van der Waals surface area contributed by atoms with Crippen LogP contribution >= 0.6 is 0 Å². The van der Waals surface area contributed by atoms with Crippen LogP contribution in [0.5, 0.6) is 5.75 Å². The molecule has 1 aliphatic carbocycles. The average molecular weight is 369 g/mol. The molecule has 0 bridgehead atoms. The first-order valence-corrected chi connectivity index (χ1v) is 9.45. The van der Waals surface area contributed by atoms with E-state index in [-0.39, 0.29) is 18.6 Å². The van der Waals surface area contributed by atoms with Crippen LogP contribution in [0.15, 0.2) is 48.5 Å². The molecule has 5 nitrogen and oxygen atoms in total. The molecule has 0 aromatic heterocycles. The summed E-state index contributed by atoms with van der Waals surface area (Å²) in [6, 6.07) is 15.6. The van der Waals surface area contributed by atoms with E-state index in [9.17, 15) is 9.90 Å². The molecule has 2 N–H and O–H groups in total. The van der Waals surface area contributed by atoms with Gasteiger partial charge in [0.25, 0.3) is 0 Å². The van der Waals surface area contributed by atoms with Gasteiger partial charge in [-0.2, -0.15) is 0 Å². The molecule has 144 valence electrons. The summed E-state index contributed by atoms with van der Waals surface area (Å²) in [4.78, 5) is 11.8. The van der Waals surface area contributed by atoms with Gasteiger partial charge in [0, 0.05) is 12.6 Å². The Balaban J connectivity index is 1.53. The predicted molar refractivity (Wildman–Crippen MR) is 104 cm³/mol. The van der Waals surface area contributed by atoms with Crippen molar-refractivity contribution >= 4 is 5.97 Å². The second-order valence-corrected chi connectivity index (χ2v) is 6.95. The molecule has 0 heterocycles. The number of methoxy groups -OCH3 is 1. The van der Waals surface area contributed by atoms with Crippen LogP contribution in [0.4, 0.5) is 0 Å². The molecule has 2 aromatic carbocycles. The summed E-state index contributed by atoms with van der Waals surface area (Å²) in [5, 5.41) is 13.7. The molecule has 1 unspecified atom stereocenters. The highest BCUT2D eigenvalue weighted by Gasteiger charge is 2.19.